The van der Waals surface area contributed by atoms with E-state index >= 15 is 0 Å². The van der Waals surface area contributed by atoms with Gasteiger partial charge in [-0.25, -0.2) is 0 Å². The minimum absolute atomic E-state index is 0.000290. The van der Waals surface area contributed by atoms with Crippen LogP contribution >= 0.6 is 12.6 Å². The molecule has 3 nitrogen and oxygen atoms in total. The van der Waals surface area contributed by atoms with Gasteiger partial charge in [0.15, 0.2) is 0 Å². The van der Waals surface area contributed by atoms with Gasteiger partial charge in [0, 0.05) is 31.2 Å². The topological polar surface area (TPSA) is 25.2 Å². The zero-order valence-corrected chi connectivity index (χ0v) is 10.2. The van der Waals surface area contributed by atoms with E-state index in [1.165, 1.54) is 0 Å². The van der Waals surface area contributed by atoms with E-state index in [4.69, 9.17) is 0 Å². The van der Waals surface area contributed by atoms with Crippen LogP contribution in [0.3, 0.4) is 0 Å². The molecule has 1 aromatic heterocycles. The van der Waals surface area contributed by atoms with E-state index in [9.17, 15) is 4.79 Å². The molecule has 0 fully saturated rings. The summed E-state index contributed by atoms with van der Waals surface area (Å²) >= 11 is 4.01. The molecule has 0 bridgehead atoms. The number of thiol groups is 1. The van der Waals surface area contributed by atoms with Crippen LogP contribution in [0.1, 0.15) is 0 Å². The lowest BCUT2D eigenvalue weighted by molar-refractivity contribution is -0.115. The van der Waals surface area contributed by atoms with Crippen LogP contribution in [0.15, 0.2) is 30.5 Å². The first-order valence-corrected chi connectivity index (χ1v) is 5.70. The number of hydrogen-bond acceptors (Lipinski definition) is 2. The fourth-order valence-corrected chi connectivity index (χ4v) is 2.04. The minimum atomic E-state index is -0.000290. The maximum atomic E-state index is 11.6. The van der Waals surface area contributed by atoms with E-state index in [0.29, 0.717) is 0 Å². The molecule has 0 unspecified atom stereocenters. The number of aromatic nitrogens is 1. The number of aryl methyl sites for hydroxylation is 1. The van der Waals surface area contributed by atoms with Gasteiger partial charge in [-0.3, -0.25) is 4.79 Å². The van der Waals surface area contributed by atoms with Crippen molar-refractivity contribution in [1.29, 1.82) is 0 Å². The molecule has 2 aromatic rings. The molecule has 0 N–H and O–H groups in total. The Bertz CT molecular complexity index is 533. The molecule has 0 spiro atoms. The quantitative estimate of drug-likeness (QED) is 0.791. The van der Waals surface area contributed by atoms with Crippen molar-refractivity contribution in [2.75, 3.05) is 17.7 Å². The van der Waals surface area contributed by atoms with Crippen molar-refractivity contribution in [1.82, 2.24) is 4.57 Å². The molecular formula is C12H14N2OS. The second kappa shape index (κ2) is 4.22. The number of carbonyl (C=O) groups is 1. The van der Waals surface area contributed by atoms with Crippen LogP contribution in [0.2, 0.25) is 0 Å². The Morgan fingerprint density at radius 1 is 1.44 bits per heavy atom. The highest BCUT2D eigenvalue weighted by molar-refractivity contribution is 7.81. The van der Waals surface area contributed by atoms with Crippen molar-refractivity contribution in [2.45, 2.75) is 0 Å². The molecule has 1 aromatic carbocycles. The Hall–Kier alpha value is -1.42. The van der Waals surface area contributed by atoms with E-state index < -0.39 is 0 Å². The zero-order chi connectivity index (χ0) is 11.7. The van der Waals surface area contributed by atoms with Crippen LogP contribution in [0.5, 0.6) is 0 Å². The molecule has 2 rings (SSSR count). The third-order valence-electron chi connectivity index (χ3n) is 2.75. The average molecular weight is 234 g/mol. The third kappa shape index (κ3) is 1.69. The fraction of sp³-hybridized carbons (Fsp3) is 0.250. The molecule has 16 heavy (non-hydrogen) atoms. The van der Waals surface area contributed by atoms with Gasteiger partial charge in [0.05, 0.1) is 11.4 Å². The number of hydrogen-bond donors (Lipinski definition) is 1. The highest BCUT2D eigenvalue weighted by Crippen LogP contribution is 2.27. The monoisotopic (exact) mass is 234 g/mol. The zero-order valence-electron chi connectivity index (χ0n) is 9.34. The Morgan fingerprint density at radius 3 is 2.81 bits per heavy atom. The van der Waals surface area contributed by atoms with Crippen LogP contribution < -0.4 is 4.90 Å². The normalized spacial score (nSPS) is 10.7. The predicted octanol–water partition coefficient (Wildman–Crippen LogP) is 2.07. The first-order chi connectivity index (χ1) is 7.65. The highest BCUT2D eigenvalue weighted by atomic mass is 32.1. The number of rotatable bonds is 2. The summed E-state index contributed by atoms with van der Waals surface area (Å²) in [6, 6.07) is 8.03. The first kappa shape index (κ1) is 11.1. The molecular weight excluding hydrogens is 220 g/mol. The summed E-state index contributed by atoms with van der Waals surface area (Å²) in [5.74, 6) is 0.222. The van der Waals surface area contributed by atoms with Crippen LogP contribution in [0.4, 0.5) is 5.69 Å². The van der Waals surface area contributed by atoms with Crippen molar-refractivity contribution >= 4 is 35.1 Å². The molecule has 0 aliphatic carbocycles. The largest absolute Gasteiger partial charge is 0.348 e. The number of anilines is 1. The fourth-order valence-electron chi connectivity index (χ4n) is 1.83. The first-order valence-electron chi connectivity index (χ1n) is 5.06. The van der Waals surface area contributed by atoms with Gasteiger partial charge in [0.25, 0.3) is 0 Å². The van der Waals surface area contributed by atoms with Crippen molar-refractivity contribution in [3.63, 3.8) is 0 Å². The molecule has 84 valence electrons. The van der Waals surface area contributed by atoms with Gasteiger partial charge in [-0.05, 0) is 6.07 Å². The lowest BCUT2D eigenvalue weighted by atomic mass is 10.2. The summed E-state index contributed by atoms with van der Waals surface area (Å²) in [4.78, 5) is 13.3. The van der Waals surface area contributed by atoms with Gasteiger partial charge >= 0.3 is 0 Å². The molecule has 0 radical (unpaired) electrons. The van der Waals surface area contributed by atoms with Gasteiger partial charge in [0.1, 0.15) is 0 Å². The van der Waals surface area contributed by atoms with Crippen LogP contribution in [-0.2, 0) is 11.8 Å². The van der Waals surface area contributed by atoms with Gasteiger partial charge in [-0.1, -0.05) is 18.2 Å². The molecule has 0 aliphatic rings. The number of fused-ring (bicyclic) bond motifs is 1. The second-order valence-electron chi connectivity index (χ2n) is 3.75. The molecule has 1 amide bonds. The number of benzene rings is 1. The molecule has 0 saturated heterocycles. The van der Waals surface area contributed by atoms with E-state index in [1.54, 1.807) is 11.9 Å². The molecule has 1 heterocycles. The maximum absolute atomic E-state index is 11.6. The summed E-state index contributed by atoms with van der Waals surface area (Å²) in [6.07, 6.45) is 1.96. The number of nitrogens with zero attached hydrogens (tertiary/aromatic N) is 2. The van der Waals surface area contributed by atoms with E-state index in [2.05, 4.69) is 12.6 Å². The maximum Gasteiger partial charge on any atom is 0.236 e. The lowest BCUT2D eigenvalue weighted by Gasteiger charge is -2.14. The summed E-state index contributed by atoms with van der Waals surface area (Å²) < 4.78 is 2.02. The predicted molar refractivity (Wildman–Crippen MR) is 70.2 cm³/mol. The van der Waals surface area contributed by atoms with Crippen molar-refractivity contribution in [2.24, 2.45) is 7.05 Å². The Kier molecular flexibility index (Phi) is 2.92. The molecule has 4 heteroatoms. The number of para-hydroxylation sites is 1. The van der Waals surface area contributed by atoms with Crippen LogP contribution in [-0.4, -0.2) is 23.3 Å². The third-order valence-corrected chi connectivity index (χ3v) is 3.02. The summed E-state index contributed by atoms with van der Waals surface area (Å²) in [6.45, 7) is 0. The highest BCUT2D eigenvalue weighted by Gasteiger charge is 2.14. The Morgan fingerprint density at radius 2 is 2.12 bits per heavy atom. The van der Waals surface area contributed by atoms with Crippen LogP contribution in [0, 0.1) is 0 Å². The average Bonchev–Trinajstić information content (AvgIpc) is 2.65. The Labute approximate surface area is 100 Å². The summed E-state index contributed by atoms with van der Waals surface area (Å²) in [5, 5.41) is 1.09. The number of carbonyl (C=O) groups excluding carboxylic acids is 1. The molecule has 0 atom stereocenters. The van der Waals surface area contributed by atoms with Gasteiger partial charge in [-0.15, -0.1) is 0 Å². The van der Waals surface area contributed by atoms with E-state index in [1.807, 2.05) is 42.1 Å². The van der Waals surface area contributed by atoms with E-state index in [-0.39, 0.29) is 11.7 Å². The second-order valence-corrected chi connectivity index (χ2v) is 4.07. The van der Waals surface area contributed by atoms with Gasteiger partial charge < -0.3 is 9.47 Å². The standard InChI is InChI=1S/C12H14N2OS/c1-13-7-11(14(2)12(15)8-16)9-5-3-4-6-10(9)13/h3-7,16H,8H2,1-2H3. The van der Waals surface area contributed by atoms with Gasteiger partial charge in [0.2, 0.25) is 5.91 Å². The SMILES string of the molecule is CN(C(=O)CS)c1cn(C)c2ccccc12. The minimum Gasteiger partial charge on any atom is -0.348 e. The van der Waals surface area contributed by atoms with Crippen molar-refractivity contribution in [3.8, 4) is 0 Å². The Balaban J connectivity index is 2.57. The summed E-state index contributed by atoms with van der Waals surface area (Å²) in [7, 11) is 3.76. The smallest absolute Gasteiger partial charge is 0.236 e. The molecule has 0 aliphatic heterocycles. The van der Waals surface area contributed by atoms with Gasteiger partial charge in [-0.2, -0.15) is 12.6 Å². The van der Waals surface area contributed by atoms with Crippen LogP contribution in [0.25, 0.3) is 10.9 Å². The lowest BCUT2D eigenvalue weighted by Crippen LogP contribution is -2.26. The van der Waals surface area contributed by atoms with Crippen molar-refractivity contribution < 1.29 is 4.79 Å². The number of amides is 1. The van der Waals surface area contributed by atoms with E-state index in [0.717, 1.165) is 16.6 Å². The van der Waals surface area contributed by atoms with Crippen molar-refractivity contribution in [3.05, 3.63) is 30.5 Å². The molecule has 0 saturated carbocycles. The summed E-state index contributed by atoms with van der Waals surface area (Å²) in [5.41, 5.74) is 2.05.